The van der Waals surface area contributed by atoms with Crippen molar-refractivity contribution in [2.45, 2.75) is 44.4 Å². The molecule has 2 aromatic carbocycles. The standard InChI is InChI=1S/C23H24N6O10/c24-21(30)10-8-17(23(32)39-13-14-3-5-15(6-4-14)27(33)34)25-22(31)19-2-1-11-26(19)18-9-7-16(28(35)36)12-20(18)29(37)38/h3-7,9,12,17,19H,1-2,8,10-11,13H2,(H2,24,30)(H,25,31)/t17-,19+/m0/s1. The average molecular weight is 544 g/mol. The zero-order chi connectivity index (χ0) is 28.7. The Morgan fingerprint density at radius 3 is 2.23 bits per heavy atom. The number of ether oxygens (including phenoxy) is 1. The summed E-state index contributed by atoms with van der Waals surface area (Å²) in [4.78, 5) is 70.1. The van der Waals surface area contributed by atoms with Gasteiger partial charge in [0.1, 0.15) is 24.4 Å². The number of nitrogens with one attached hydrogen (secondary N) is 1. The van der Waals surface area contributed by atoms with Gasteiger partial charge in [0.25, 0.3) is 17.1 Å². The van der Waals surface area contributed by atoms with Gasteiger partial charge in [-0.3, -0.25) is 39.9 Å². The summed E-state index contributed by atoms with van der Waals surface area (Å²) >= 11 is 0. The van der Waals surface area contributed by atoms with E-state index in [-0.39, 0.29) is 43.8 Å². The van der Waals surface area contributed by atoms with Crippen molar-refractivity contribution in [1.82, 2.24) is 5.32 Å². The lowest BCUT2D eigenvalue weighted by atomic mass is 10.1. The first-order valence-electron chi connectivity index (χ1n) is 11.7. The van der Waals surface area contributed by atoms with Gasteiger partial charge in [0.15, 0.2) is 0 Å². The van der Waals surface area contributed by atoms with Crippen LogP contribution in [-0.2, 0) is 25.7 Å². The molecule has 0 saturated carbocycles. The lowest BCUT2D eigenvalue weighted by Gasteiger charge is -2.27. The molecule has 39 heavy (non-hydrogen) atoms. The van der Waals surface area contributed by atoms with Gasteiger partial charge >= 0.3 is 5.97 Å². The number of anilines is 1. The van der Waals surface area contributed by atoms with Gasteiger partial charge in [-0.1, -0.05) is 0 Å². The first-order valence-corrected chi connectivity index (χ1v) is 11.7. The molecule has 0 radical (unpaired) electrons. The summed E-state index contributed by atoms with van der Waals surface area (Å²) in [6, 6.07) is 6.16. The Morgan fingerprint density at radius 1 is 1.00 bits per heavy atom. The minimum absolute atomic E-state index is 0.0117. The first-order chi connectivity index (χ1) is 18.5. The van der Waals surface area contributed by atoms with Gasteiger partial charge in [0.05, 0.1) is 20.8 Å². The lowest BCUT2D eigenvalue weighted by Crippen LogP contribution is -2.50. The molecule has 1 heterocycles. The normalized spacial score (nSPS) is 15.3. The maximum atomic E-state index is 13.2. The highest BCUT2D eigenvalue weighted by molar-refractivity contribution is 5.91. The molecule has 0 spiro atoms. The van der Waals surface area contributed by atoms with Crippen molar-refractivity contribution in [2.75, 3.05) is 11.4 Å². The number of nitrogens with two attached hydrogens (primary N) is 1. The summed E-state index contributed by atoms with van der Waals surface area (Å²) in [5.41, 5.74) is 4.48. The minimum atomic E-state index is -1.28. The van der Waals surface area contributed by atoms with Crippen LogP contribution in [-0.4, -0.2) is 51.2 Å². The molecule has 0 bridgehead atoms. The highest BCUT2D eigenvalue weighted by Crippen LogP contribution is 2.36. The second-order valence-corrected chi connectivity index (χ2v) is 8.64. The number of primary amides is 1. The van der Waals surface area contributed by atoms with Crippen LogP contribution >= 0.6 is 0 Å². The van der Waals surface area contributed by atoms with Crippen LogP contribution in [0.1, 0.15) is 31.2 Å². The van der Waals surface area contributed by atoms with Gasteiger partial charge in [-0.05, 0) is 43.0 Å². The number of hydrogen-bond acceptors (Lipinski definition) is 11. The SMILES string of the molecule is NC(=O)CC[C@H](NC(=O)[C@H]1CCCN1c1ccc([N+](=O)[O-])cc1[N+](=O)[O-])C(=O)OCc1ccc([N+](=O)[O-])cc1. The van der Waals surface area contributed by atoms with Crippen LogP contribution in [0.25, 0.3) is 0 Å². The number of carbonyl (C=O) groups is 3. The fourth-order valence-electron chi connectivity index (χ4n) is 4.11. The summed E-state index contributed by atoms with van der Waals surface area (Å²) in [5, 5.41) is 36.0. The molecule has 0 aliphatic carbocycles. The number of nitro groups is 3. The second-order valence-electron chi connectivity index (χ2n) is 8.64. The van der Waals surface area contributed by atoms with Crippen molar-refractivity contribution in [3.63, 3.8) is 0 Å². The van der Waals surface area contributed by atoms with Gasteiger partial charge in [0, 0.05) is 31.2 Å². The summed E-state index contributed by atoms with van der Waals surface area (Å²) in [5.74, 6) is -2.27. The van der Waals surface area contributed by atoms with Crippen LogP contribution in [0.5, 0.6) is 0 Å². The number of nitrogens with zero attached hydrogens (tertiary/aromatic N) is 4. The molecule has 2 aromatic rings. The molecule has 16 heteroatoms. The molecule has 2 atom stereocenters. The fraction of sp³-hybridized carbons (Fsp3) is 0.348. The molecule has 16 nitrogen and oxygen atoms in total. The number of nitro benzene ring substituents is 3. The maximum Gasteiger partial charge on any atom is 0.328 e. The molecule has 1 saturated heterocycles. The van der Waals surface area contributed by atoms with E-state index in [2.05, 4.69) is 5.32 Å². The van der Waals surface area contributed by atoms with Gasteiger partial charge in [-0.2, -0.15) is 0 Å². The molecule has 206 valence electrons. The predicted molar refractivity (Wildman–Crippen MR) is 133 cm³/mol. The Hall–Kier alpha value is -5.15. The zero-order valence-corrected chi connectivity index (χ0v) is 20.4. The van der Waals surface area contributed by atoms with E-state index in [4.69, 9.17) is 10.5 Å². The monoisotopic (exact) mass is 544 g/mol. The van der Waals surface area contributed by atoms with Crippen molar-refractivity contribution in [1.29, 1.82) is 0 Å². The first kappa shape index (κ1) is 28.4. The second kappa shape index (κ2) is 12.4. The van der Waals surface area contributed by atoms with Crippen LogP contribution in [0.4, 0.5) is 22.7 Å². The van der Waals surface area contributed by atoms with Crippen molar-refractivity contribution in [2.24, 2.45) is 5.73 Å². The molecular formula is C23H24N6O10. The summed E-state index contributed by atoms with van der Waals surface area (Å²) < 4.78 is 5.24. The van der Waals surface area contributed by atoms with E-state index in [0.29, 0.717) is 12.0 Å². The topological polar surface area (TPSA) is 231 Å². The molecule has 3 rings (SSSR count). The zero-order valence-electron chi connectivity index (χ0n) is 20.4. The Morgan fingerprint density at radius 2 is 1.64 bits per heavy atom. The Kier molecular flexibility index (Phi) is 9.03. The molecule has 0 unspecified atom stereocenters. The number of hydrogen-bond donors (Lipinski definition) is 2. The number of non-ortho nitro benzene ring substituents is 2. The van der Waals surface area contributed by atoms with E-state index in [1.807, 2.05) is 0 Å². The smallest absolute Gasteiger partial charge is 0.328 e. The average Bonchev–Trinajstić information content (AvgIpc) is 3.39. The highest BCUT2D eigenvalue weighted by atomic mass is 16.6. The van der Waals surface area contributed by atoms with E-state index < -0.39 is 56.0 Å². The third-order valence-corrected chi connectivity index (χ3v) is 6.04. The summed E-state index contributed by atoms with van der Waals surface area (Å²) in [6.07, 6.45) is 0.327. The number of esters is 1. The van der Waals surface area contributed by atoms with Crippen molar-refractivity contribution < 1.29 is 33.9 Å². The lowest BCUT2D eigenvalue weighted by molar-refractivity contribution is -0.393. The van der Waals surface area contributed by atoms with Gasteiger partial charge in [-0.15, -0.1) is 0 Å². The molecule has 0 aromatic heterocycles. The molecule has 3 N–H and O–H groups in total. The van der Waals surface area contributed by atoms with Crippen LogP contribution < -0.4 is 16.0 Å². The molecule has 2 amide bonds. The molecule has 1 fully saturated rings. The highest BCUT2D eigenvalue weighted by Gasteiger charge is 2.37. The number of rotatable bonds is 12. The van der Waals surface area contributed by atoms with E-state index in [9.17, 15) is 44.7 Å². The van der Waals surface area contributed by atoms with Gasteiger partial charge in [-0.25, -0.2) is 4.79 Å². The number of carbonyl (C=O) groups excluding carboxylic acids is 3. The third kappa shape index (κ3) is 7.21. The molecular weight excluding hydrogens is 520 g/mol. The van der Waals surface area contributed by atoms with E-state index in [0.717, 1.165) is 12.1 Å². The van der Waals surface area contributed by atoms with Crippen LogP contribution in [0.15, 0.2) is 42.5 Å². The fourth-order valence-corrected chi connectivity index (χ4v) is 4.11. The summed E-state index contributed by atoms with van der Waals surface area (Å²) in [6.45, 7) is -0.0163. The van der Waals surface area contributed by atoms with Gasteiger partial charge in [0.2, 0.25) is 11.8 Å². The van der Waals surface area contributed by atoms with Crippen LogP contribution in [0.3, 0.4) is 0 Å². The third-order valence-electron chi connectivity index (χ3n) is 6.04. The Labute approximate surface area is 220 Å². The van der Waals surface area contributed by atoms with Gasteiger partial charge < -0.3 is 20.7 Å². The summed E-state index contributed by atoms with van der Waals surface area (Å²) in [7, 11) is 0. The predicted octanol–water partition coefficient (Wildman–Crippen LogP) is 1.87. The van der Waals surface area contributed by atoms with E-state index in [1.165, 1.54) is 35.2 Å². The van der Waals surface area contributed by atoms with Crippen LogP contribution in [0.2, 0.25) is 0 Å². The largest absolute Gasteiger partial charge is 0.459 e. The van der Waals surface area contributed by atoms with Crippen molar-refractivity contribution in [3.05, 3.63) is 78.4 Å². The molecule has 1 aliphatic rings. The number of benzene rings is 2. The number of amides is 2. The minimum Gasteiger partial charge on any atom is -0.459 e. The van der Waals surface area contributed by atoms with Crippen molar-refractivity contribution in [3.8, 4) is 0 Å². The van der Waals surface area contributed by atoms with E-state index >= 15 is 0 Å². The van der Waals surface area contributed by atoms with Crippen LogP contribution in [0, 0.1) is 30.3 Å². The molecule has 1 aliphatic heterocycles. The van der Waals surface area contributed by atoms with Crippen molar-refractivity contribution >= 4 is 40.5 Å². The maximum absolute atomic E-state index is 13.2. The quantitative estimate of drug-likeness (QED) is 0.222. The Balaban J connectivity index is 1.75. The van der Waals surface area contributed by atoms with E-state index in [1.54, 1.807) is 0 Å². The Bertz CT molecular complexity index is 1300.